The Kier molecular flexibility index (Phi) is 10.5. The number of hydrogen-bond acceptors (Lipinski definition) is 5. The largest absolute Gasteiger partial charge is 0.477 e. The van der Waals surface area contributed by atoms with E-state index in [1.54, 1.807) is 65.3 Å². The van der Waals surface area contributed by atoms with Crippen LogP contribution in [0.15, 0.2) is 54.2 Å². The van der Waals surface area contributed by atoms with Gasteiger partial charge in [-0.1, -0.05) is 55.6 Å². The third kappa shape index (κ3) is 7.13. The standard InChI is InChI=1S/C33H39ClN4O6/c1-4-7-28(40)37-21(2)30(41)38(29(37)24-10-12-25(34)13-11-24)26-14-8-23(9-15-26)20-27(31(42)43)36-32(44)33(16-5-6-17-33)18-19-35-22(3)39/h8-15,20-21,29H,4-7,16-19H2,1-3H3,(H,35,39)(H,36,44)(H,42,43). The van der Waals surface area contributed by atoms with Crippen LogP contribution in [-0.4, -0.2) is 52.2 Å². The molecule has 0 bridgehead atoms. The van der Waals surface area contributed by atoms with Gasteiger partial charge < -0.3 is 20.6 Å². The molecule has 0 aromatic heterocycles. The number of carboxylic acid groups (broad SMARTS) is 1. The Morgan fingerprint density at radius 3 is 2.25 bits per heavy atom. The van der Waals surface area contributed by atoms with Crippen LogP contribution in [0.2, 0.25) is 5.02 Å². The van der Waals surface area contributed by atoms with E-state index >= 15 is 0 Å². The zero-order valence-electron chi connectivity index (χ0n) is 25.3. The summed E-state index contributed by atoms with van der Waals surface area (Å²) in [6.07, 6.45) is 5.02. The summed E-state index contributed by atoms with van der Waals surface area (Å²) in [5, 5.41) is 15.8. The molecule has 2 aromatic carbocycles. The van der Waals surface area contributed by atoms with Gasteiger partial charge in [0.25, 0.3) is 5.91 Å². The second-order valence-corrected chi connectivity index (χ2v) is 11.9. The minimum atomic E-state index is -1.28. The molecular weight excluding hydrogens is 584 g/mol. The Labute approximate surface area is 262 Å². The van der Waals surface area contributed by atoms with E-state index in [1.165, 1.54) is 13.0 Å². The molecule has 4 rings (SSSR count). The molecule has 0 spiro atoms. The molecule has 1 saturated carbocycles. The highest BCUT2D eigenvalue weighted by Crippen LogP contribution is 2.42. The predicted octanol–water partition coefficient (Wildman–Crippen LogP) is 5.03. The summed E-state index contributed by atoms with van der Waals surface area (Å²) in [7, 11) is 0. The van der Waals surface area contributed by atoms with Crippen LogP contribution in [0.1, 0.15) is 83.0 Å². The third-order valence-electron chi connectivity index (χ3n) is 8.42. The maximum absolute atomic E-state index is 13.6. The minimum absolute atomic E-state index is 0.130. The van der Waals surface area contributed by atoms with E-state index in [2.05, 4.69) is 10.6 Å². The van der Waals surface area contributed by atoms with Gasteiger partial charge in [0, 0.05) is 30.6 Å². The average molecular weight is 623 g/mol. The fourth-order valence-electron chi connectivity index (χ4n) is 6.11. The summed E-state index contributed by atoms with van der Waals surface area (Å²) >= 11 is 6.12. The molecule has 0 radical (unpaired) electrons. The van der Waals surface area contributed by atoms with Crippen molar-refractivity contribution in [3.8, 4) is 0 Å². The lowest BCUT2D eigenvalue weighted by atomic mass is 9.81. The number of halogens is 1. The Hall–Kier alpha value is -4.18. The maximum Gasteiger partial charge on any atom is 0.352 e. The lowest BCUT2D eigenvalue weighted by Crippen LogP contribution is -2.42. The first-order chi connectivity index (χ1) is 21.0. The zero-order chi connectivity index (χ0) is 32.0. The second-order valence-electron chi connectivity index (χ2n) is 11.5. The van der Waals surface area contributed by atoms with Crippen LogP contribution in [0.4, 0.5) is 5.69 Å². The molecule has 3 N–H and O–H groups in total. The number of amides is 4. The van der Waals surface area contributed by atoms with Crippen LogP contribution in [0, 0.1) is 5.41 Å². The number of carboxylic acids is 1. The molecule has 44 heavy (non-hydrogen) atoms. The molecule has 2 fully saturated rings. The van der Waals surface area contributed by atoms with Crippen molar-refractivity contribution in [2.45, 2.75) is 77.9 Å². The van der Waals surface area contributed by atoms with Gasteiger partial charge in [-0.25, -0.2) is 4.79 Å². The summed E-state index contributed by atoms with van der Waals surface area (Å²) in [5.74, 6) is -2.21. The first-order valence-electron chi connectivity index (χ1n) is 15.0. The predicted molar refractivity (Wildman–Crippen MR) is 167 cm³/mol. The number of hydrogen-bond donors (Lipinski definition) is 3. The lowest BCUT2D eigenvalue weighted by molar-refractivity contribution is -0.137. The summed E-state index contributed by atoms with van der Waals surface area (Å²) in [5.41, 5.74) is 0.762. The van der Waals surface area contributed by atoms with E-state index in [1.807, 2.05) is 6.92 Å². The van der Waals surface area contributed by atoms with Gasteiger partial charge in [-0.05, 0) is 74.1 Å². The minimum Gasteiger partial charge on any atom is -0.477 e. The molecule has 2 aromatic rings. The molecule has 1 heterocycles. The van der Waals surface area contributed by atoms with E-state index in [4.69, 9.17) is 11.6 Å². The van der Waals surface area contributed by atoms with Crippen molar-refractivity contribution in [1.82, 2.24) is 15.5 Å². The molecule has 1 aliphatic carbocycles. The Morgan fingerprint density at radius 1 is 1.05 bits per heavy atom. The van der Waals surface area contributed by atoms with Crippen molar-refractivity contribution < 1.29 is 29.1 Å². The van der Waals surface area contributed by atoms with Gasteiger partial charge in [0.2, 0.25) is 17.7 Å². The van der Waals surface area contributed by atoms with Crippen molar-refractivity contribution in [2.75, 3.05) is 11.4 Å². The summed E-state index contributed by atoms with van der Waals surface area (Å²) in [4.78, 5) is 66.8. The van der Waals surface area contributed by atoms with E-state index in [-0.39, 0.29) is 29.3 Å². The van der Waals surface area contributed by atoms with Crippen LogP contribution in [-0.2, 0) is 24.0 Å². The Morgan fingerprint density at radius 2 is 1.68 bits per heavy atom. The first kappa shape index (κ1) is 32.7. The second kappa shape index (κ2) is 14.1. The van der Waals surface area contributed by atoms with Gasteiger partial charge in [-0.3, -0.25) is 24.1 Å². The number of anilines is 1. The molecule has 1 saturated heterocycles. The molecule has 2 aliphatic rings. The molecule has 1 aliphatic heterocycles. The van der Waals surface area contributed by atoms with Gasteiger partial charge in [0.1, 0.15) is 17.9 Å². The Bertz CT molecular complexity index is 1430. The molecule has 2 unspecified atom stereocenters. The highest BCUT2D eigenvalue weighted by Gasteiger charge is 2.47. The lowest BCUT2D eigenvalue weighted by Gasteiger charge is -2.31. The third-order valence-corrected chi connectivity index (χ3v) is 8.67. The van der Waals surface area contributed by atoms with Crippen molar-refractivity contribution in [2.24, 2.45) is 5.41 Å². The molecular formula is C33H39ClN4O6. The zero-order valence-corrected chi connectivity index (χ0v) is 26.0. The number of benzene rings is 2. The normalized spacial score (nSPS) is 19.6. The number of nitrogens with zero attached hydrogens (tertiary/aromatic N) is 2. The Balaban J connectivity index is 1.60. The van der Waals surface area contributed by atoms with Gasteiger partial charge in [0.15, 0.2) is 0 Å². The number of rotatable bonds is 11. The van der Waals surface area contributed by atoms with Crippen molar-refractivity contribution in [3.05, 3.63) is 70.4 Å². The van der Waals surface area contributed by atoms with Crippen LogP contribution in [0.25, 0.3) is 6.08 Å². The molecule has 11 heteroatoms. The molecule has 2 atom stereocenters. The molecule has 10 nitrogen and oxygen atoms in total. The average Bonchev–Trinajstić information content (AvgIpc) is 3.57. The highest BCUT2D eigenvalue weighted by molar-refractivity contribution is 6.30. The summed E-state index contributed by atoms with van der Waals surface area (Å²) in [6, 6.07) is 13.1. The van der Waals surface area contributed by atoms with Crippen LogP contribution < -0.4 is 15.5 Å². The van der Waals surface area contributed by atoms with E-state index in [0.29, 0.717) is 54.9 Å². The summed E-state index contributed by atoms with van der Waals surface area (Å²) < 4.78 is 0. The van der Waals surface area contributed by atoms with Gasteiger partial charge >= 0.3 is 5.97 Å². The number of aliphatic carboxylic acids is 1. The number of carbonyl (C=O) groups is 5. The SMILES string of the molecule is CCCC(=O)N1C(C)C(=O)N(c2ccc(C=C(NC(=O)C3(CCNC(C)=O)CCCC3)C(=O)O)cc2)C1c1ccc(Cl)cc1. The van der Waals surface area contributed by atoms with Gasteiger partial charge in [-0.15, -0.1) is 0 Å². The fourth-order valence-corrected chi connectivity index (χ4v) is 6.24. The quantitative estimate of drug-likeness (QED) is 0.301. The molecule has 234 valence electrons. The van der Waals surface area contributed by atoms with Crippen molar-refractivity contribution in [3.63, 3.8) is 0 Å². The number of nitrogens with one attached hydrogen (secondary N) is 2. The van der Waals surface area contributed by atoms with E-state index in [0.717, 1.165) is 18.4 Å². The maximum atomic E-state index is 13.6. The number of carbonyl (C=O) groups excluding carboxylic acids is 4. The first-order valence-corrected chi connectivity index (χ1v) is 15.4. The fraction of sp³-hybridized carbons (Fsp3) is 0.424. The van der Waals surface area contributed by atoms with Gasteiger partial charge in [0.05, 0.1) is 5.41 Å². The van der Waals surface area contributed by atoms with Gasteiger partial charge in [-0.2, -0.15) is 0 Å². The van der Waals surface area contributed by atoms with E-state index < -0.39 is 23.6 Å². The topological polar surface area (TPSA) is 136 Å². The van der Waals surface area contributed by atoms with E-state index in [9.17, 15) is 29.1 Å². The monoisotopic (exact) mass is 622 g/mol. The summed E-state index contributed by atoms with van der Waals surface area (Å²) in [6.45, 7) is 5.38. The smallest absolute Gasteiger partial charge is 0.352 e. The van der Waals surface area contributed by atoms with Crippen LogP contribution >= 0.6 is 11.6 Å². The van der Waals surface area contributed by atoms with Crippen LogP contribution in [0.5, 0.6) is 0 Å². The van der Waals surface area contributed by atoms with Crippen molar-refractivity contribution >= 4 is 53.0 Å². The highest BCUT2D eigenvalue weighted by atomic mass is 35.5. The molecule has 4 amide bonds. The van der Waals surface area contributed by atoms with Crippen LogP contribution in [0.3, 0.4) is 0 Å². The van der Waals surface area contributed by atoms with Crippen molar-refractivity contribution in [1.29, 1.82) is 0 Å².